The normalized spacial score (nSPS) is 10.8. The molecule has 0 amide bonds. The van der Waals surface area contributed by atoms with Crippen LogP contribution in [0.25, 0.3) is 10.2 Å². The smallest absolute Gasteiger partial charge is 0.362 e. The van der Waals surface area contributed by atoms with Crippen LogP contribution in [0.4, 0.5) is 0 Å². The number of nitrogens with one attached hydrogen (secondary N) is 1. The Balaban J connectivity index is 2.03. The summed E-state index contributed by atoms with van der Waals surface area (Å²) in [6.45, 7) is 0.260. The number of halogens is 1. The van der Waals surface area contributed by atoms with Gasteiger partial charge in [-0.1, -0.05) is 30.3 Å². The maximum absolute atomic E-state index is 11.9. The molecule has 102 valence electrons. The quantitative estimate of drug-likeness (QED) is 0.685. The average molecular weight is 400 g/mol. The summed E-state index contributed by atoms with van der Waals surface area (Å²) in [7, 11) is 0. The van der Waals surface area contributed by atoms with Gasteiger partial charge in [-0.3, -0.25) is 9.78 Å². The van der Waals surface area contributed by atoms with Crippen LogP contribution in [0.15, 0.2) is 46.0 Å². The predicted molar refractivity (Wildman–Crippen MR) is 86.1 cm³/mol. The number of H-pyrrole nitrogens is 1. The number of fused-ring (bicyclic) bond motifs is 1. The van der Waals surface area contributed by atoms with Crippen LogP contribution in [0.2, 0.25) is 0 Å². The lowest BCUT2D eigenvalue weighted by atomic mass is 10.2. The summed E-state index contributed by atoms with van der Waals surface area (Å²) in [5, 5.41) is 0.465. The first kappa shape index (κ1) is 13.4. The molecule has 0 fully saturated rings. The van der Waals surface area contributed by atoms with Crippen LogP contribution in [0, 0.1) is 2.88 Å². The van der Waals surface area contributed by atoms with E-state index in [9.17, 15) is 9.59 Å². The van der Waals surface area contributed by atoms with Crippen LogP contribution in [-0.4, -0.2) is 9.71 Å². The zero-order valence-corrected chi connectivity index (χ0v) is 13.1. The molecule has 0 radical (unpaired) electrons. The second-order valence-electron chi connectivity index (χ2n) is 4.08. The Morgan fingerprint density at radius 2 is 2.00 bits per heavy atom. The lowest BCUT2D eigenvalue weighted by molar-refractivity contribution is 0.0971. The molecule has 0 aliphatic heterocycles. The van der Waals surface area contributed by atoms with Crippen molar-refractivity contribution in [1.29, 1.82) is 0 Å². The molecule has 0 saturated heterocycles. The van der Waals surface area contributed by atoms with Crippen molar-refractivity contribution in [3.8, 4) is 0 Å². The van der Waals surface area contributed by atoms with Crippen molar-refractivity contribution in [2.75, 3.05) is 0 Å². The van der Waals surface area contributed by atoms with E-state index in [0.717, 1.165) is 13.2 Å². The molecule has 2 heterocycles. The van der Waals surface area contributed by atoms with E-state index in [1.54, 1.807) is 6.07 Å². The summed E-state index contributed by atoms with van der Waals surface area (Å²) < 4.78 is 2.07. The Labute approximate surface area is 130 Å². The van der Waals surface area contributed by atoms with Crippen molar-refractivity contribution in [3.05, 3.63) is 65.7 Å². The minimum absolute atomic E-state index is 0.260. The number of hydrogen-bond acceptors (Lipinski definition) is 4. The Morgan fingerprint density at radius 1 is 1.25 bits per heavy atom. The highest BCUT2D eigenvalue weighted by Crippen LogP contribution is 2.22. The highest BCUT2D eigenvalue weighted by atomic mass is 127. The number of aromatic amines is 1. The van der Waals surface area contributed by atoms with Crippen molar-refractivity contribution in [2.24, 2.45) is 0 Å². The van der Waals surface area contributed by atoms with Crippen LogP contribution >= 0.6 is 33.9 Å². The lowest BCUT2D eigenvalue weighted by Crippen LogP contribution is -2.33. The molecular formula is C13H9IN2O3S. The fourth-order valence-corrected chi connectivity index (χ4v) is 3.58. The van der Waals surface area contributed by atoms with Gasteiger partial charge in [-0.25, -0.2) is 4.79 Å². The number of rotatable bonds is 3. The topological polar surface area (TPSA) is 64.1 Å². The van der Waals surface area contributed by atoms with E-state index in [1.807, 2.05) is 30.3 Å². The molecule has 0 atom stereocenters. The third-order valence-electron chi connectivity index (χ3n) is 2.72. The first-order valence-electron chi connectivity index (χ1n) is 5.77. The first-order valence-corrected chi connectivity index (χ1v) is 7.66. The van der Waals surface area contributed by atoms with Gasteiger partial charge in [0.05, 0.1) is 8.27 Å². The van der Waals surface area contributed by atoms with Crippen LogP contribution in [0.3, 0.4) is 0 Å². The second-order valence-corrected chi connectivity index (χ2v) is 7.01. The van der Waals surface area contributed by atoms with Crippen LogP contribution < -0.4 is 16.1 Å². The molecule has 5 nitrogen and oxygen atoms in total. The molecule has 0 spiro atoms. The zero-order valence-electron chi connectivity index (χ0n) is 10.1. The van der Waals surface area contributed by atoms with Gasteiger partial charge in [-0.2, -0.15) is 0 Å². The number of benzene rings is 1. The molecule has 1 aromatic carbocycles. The number of hydrogen-bond donors (Lipinski definition) is 1. The van der Waals surface area contributed by atoms with E-state index < -0.39 is 5.69 Å². The molecule has 0 aliphatic rings. The van der Waals surface area contributed by atoms with Crippen molar-refractivity contribution in [3.63, 3.8) is 0 Å². The maximum atomic E-state index is 11.9. The maximum Gasteiger partial charge on any atom is 0.362 e. The van der Waals surface area contributed by atoms with Gasteiger partial charge in [-0.05, 0) is 34.2 Å². The third-order valence-corrected chi connectivity index (χ3v) is 4.58. The van der Waals surface area contributed by atoms with Crippen LogP contribution in [-0.2, 0) is 6.61 Å². The molecule has 3 rings (SSSR count). The number of nitrogens with zero attached hydrogens (tertiary/aromatic N) is 1. The molecule has 0 aliphatic carbocycles. The van der Waals surface area contributed by atoms with Crippen molar-refractivity contribution in [2.45, 2.75) is 6.61 Å². The summed E-state index contributed by atoms with van der Waals surface area (Å²) >= 11 is 3.46. The summed E-state index contributed by atoms with van der Waals surface area (Å²) in [4.78, 5) is 31.9. The van der Waals surface area contributed by atoms with Crippen molar-refractivity contribution < 1.29 is 4.84 Å². The van der Waals surface area contributed by atoms with E-state index in [4.69, 9.17) is 4.84 Å². The molecule has 2 aromatic heterocycles. The van der Waals surface area contributed by atoms with Gasteiger partial charge in [0.25, 0.3) is 5.56 Å². The van der Waals surface area contributed by atoms with E-state index in [2.05, 4.69) is 27.6 Å². The Bertz CT molecular complexity index is 867. The molecule has 20 heavy (non-hydrogen) atoms. The summed E-state index contributed by atoms with van der Waals surface area (Å²) in [5.41, 5.74) is 0.00501. The average Bonchev–Trinajstić information content (AvgIpc) is 2.82. The van der Waals surface area contributed by atoms with E-state index in [0.29, 0.717) is 10.2 Å². The minimum atomic E-state index is -0.559. The SMILES string of the molecule is O=c1[nH]c(=O)n(OCc2ccccc2)c2sc(I)cc12. The van der Waals surface area contributed by atoms with Gasteiger partial charge in [0.15, 0.2) is 4.83 Å². The molecule has 0 saturated carbocycles. The number of aromatic nitrogens is 2. The van der Waals surface area contributed by atoms with Crippen molar-refractivity contribution in [1.82, 2.24) is 9.71 Å². The third kappa shape index (κ3) is 2.50. The van der Waals surface area contributed by atoms with Gasteiger partial charge in [0.1, 0.15) is 6.61 Å². The van der Waals surface area contributed by atoms with E-state index >= 15 is 0 Å². The van der Waals surface area contributed by atoms with Crippen LogP contribution in [0.1, 0.15) is 5.56 Å². The van der Waals surface area contributed by atoms with Gasteiger partial charge < -0.3 is 4.84 Å². The van der Waals surface area contributed by atoms with Gasteiger partial charge in [0, 0.05) is 0 Å². The summed E-state index contributed by atoms with van der Waals surface area (Å²) in [6, 6.07) is 11.3. The number of thiophene rings is 1. The second kappa shape index (κ2) is 5.41. The predicted octanol–water partition coefficient (Wildman–Crippen LogP) is 1.98. The van der Waals surface area contributed by atoms with Crippen LogP contribution in [0.5, 0.6) is 0 Å². The highest BCUT2D eigenvalue weighted by molar-refractivity contribution is 14.1. The Kier molecular flexibility index (Phi) is 3.62. The zero-order chi connectivity index (χ0) is 14.1. The molecule has 3 aromatic rings. The Hall–Kier alpha value is -1.61. The Morgan fingerprint density at radius 3 is 2.75 bits per heavy atom. The van der Waals surface area contributed by atoms with Gasteiger partial charge in [0.2, 0.25) is 0 Å². The molecule has 7 heteroatoms. The molecule has 1 N–H and O–H groups in total. The molecular weight excluding hydrogens is 391 g/mol. The first-order chi connectivity index (χ1) is 9.65. The van der Waals surface area contributed by atoms with E-state index in [-0.39, 0.29) is 12.2 Å². The highest BCUT2D eigenvalue weighted by Gasteiger charge is 2.12. The molecule has 0 bridgehead atoms. The lowest BCUT2D eigenvalue weighted by Gasteiger charge is -2.08. The summed E-state index contributed by atoms with van der Waals surface area (Å²) in [6.07, 6.45) is 0. The standard InChI is InChI=1S/C13H9IN2O3S/c14-10-6-9-11(17)15-13(18)16(12(9)20-10)19-7-8-4-2-1-3-5-8/h1-6H,7H2,(H,15,17,18). The fraction of sp³-hybridized carbons (Fsp3) is 0.0769. The van der Waals surface area contributed by atoms with Gasteiger partial charge in [-0.15, -0.1) is 16.1 Å². The molecule has 0 unspecified atom stereocenters. The van der Waals surface area contributed by atoms with Crippen molar-refractivity contribution >= 4 is 44.1 Å². The summed E-state index contributed by atoms with van der Waals surface area (Å²) in [5.74, 6) is 0. The largest absolute Gasteiger partial charge is 0.403 e. The minimum Gasteiger partial charge on any atom is -0.403 e. The van der Waals surface area contributed by atoms with Gasteiger partial charge >= 0.3 is 5.69 Å². The van der Waals surface area contributed by atoms with E-state index in [1.165, 1.54) is 11.3 Å². The monoisotopic (exact) mass is 400 g/mol. The fourth-order valence-electron chi connectivity index (χ4n) is 1.80.